The number of nitrogens with one attached hydrogen (secondary N) is 1. The molecule has 0 aliphatic heterocycles. The molecule has 5 heteroatoms. The molecular weight excluding hydrogens is 342 g/mol. The van der Waals surface area contributed by atoms with Crippen LogP contribution in [0.15, 0.2) is 6.07 Å². The van der Waals surface area contributed by atoms with Gasteiger partial charge in [-0.25, -0.2) is 0 Å². The molecule has 27 heavy (non-hydrogen) atoms. The van der Waals surface area contributed by atoms with Crippen molar-refractivity contribution in [1.29, 1.82) is 0 Å². The van der Waals surface area contributed by atoms with Crippen LogP contribution in [0.2, 0.25) is 0 Å². The van der Waals surface area contributed by atoms with E-state index in [0.29, 0.717) is 17.7 Å². The van der Waals surface area contributed by atoms with Crippen LogP contribution in [0.5, 0.6) is 5.75 Å². The number of rotatable bonds is 6. The van der Waals surface area contributed by atoms with Crippen LogP contribution in [-0.2, 0) is 22.4 Å². The van der Waals surface area contributed by atoms with Gasteiger partial charge in [0.15, 0.2) is 0 Å². The zero-order valence-electron chi connectivity index (χ0n) is 16.6. The van der Waals surface area contributed by atoms with Gasteiger partial charge in [0, 0.05) is 12.0 Å². The minimum absolute atomic E-state index is 0.0220. The summed E-state index contributed by atoms with van der Waals surface area (Å²) in [6.07, 6.45) is 7.42. The Bertz CT molecular complexity index is 722. The molecule has 3 rings (SSSR count). The molecule has 0 spiro atoms. The summed E-state index contributed by atoms with van der Waals surface area (Å²) >= 11 is 0. The van der Waals surface area contributed by atoms with Crippen LogP contribution in [0.1, 0.15) is 61.3 Å². The van der Waals surface area contributed by atoms with Gasteiger partial charge in [-0.15, -0.1) is 0 Å². The summed E-state index contributed by atoms with van der Waals surface area (Å²) in [5.74, 6) is -0.159. The SMILES string of the molecule is Cc1cc(OCC(=O)[O-])c(C)c2c1CC[C@@H]([C@H](C)C(=O)NC1CCCC1)C2. The fraction of sp³-hybridized carbons (Fsp3) is 0.636. The monoisotopic (exact) mass is 372 g/mol. The van der Waals surface area contributed by atoms with Crippen LogP contribution in [0.4, 0.5) is 0 Å². The van der Waals surface area contributed by atoms with E-state index in [4.69, 9.17) is 4.74 Å². The van der Waals surface area contributed by atoms with Gasteiger partial charge < -0.3 is 20.0 Å². The number of carboxylic acid groups (broad SMARTS) is 1. The van der Waals surface area contributed by atoms with Gasteiger partial charge in [-0.2, -0.15) is 0 Å². The van der Waals surface area contributed by atoms with E-state index in [9.17, 15) is 14.7 Å². The molecule has 0 unspecified atom stereocenters. The normalized spacial score (nSPS) is 20.8. The van der Waals surface area contributed by atoms with Crippen molar-refractivity contribution in [3.63, 3.8) is 0 Å². The van der Waals surface area contributed by atoms with E-state index in [0.717, 1.165) is 43.2 Å². The van der Waals surface area contributed by atoms with Crippen LogP contribution in [0, 0.1) is 25.7 Å². The molecule has 2 aliphatic rings. The minimum Gasteiger partial charge on any atom is -0.546 e. The van der Waals surface area contributed by atoms with E-state index in [1.54, 1.807) is 0 Å². The van der Waals surface area contributed by atoms with Crippen LogP contribution >= 0.6 is 0 Å². The maximum absolute atomic E-state index is 12.7. The number of benzene rings is 1. The summed E-state index contributed by atoms with van der Waals surface area (Å²) in [6, 6.07) is 2.28. The van der Waals surface area contributed by atoms with Gasteiger partial charge >= 0.3 is 0 Å². The second kappa shape index (κ2) is 8.32. The Hall–Kier alpha value is -2.04. The number of aliphatic carboxylic acids is 1. The highest BCUT2D eigenvalue weighted by Crippen LogP contribution is 2.37. The number of carbonyl (C=O) groups is 2. The molecule has 5 nitrogen and oxygen atoms in total. The first-order valence-corrected chi connectivity index (χ1v) is 10.1. The molecule has 1 fully saturated rings. The Morgan fingerprint density at radius 1 is 1.22 bits per heavy atom. The van der Waals surface area contributed by atoms with Crippen LogP contribution < -0.4 is 15.2 Å². The fourth-order valence-electron chi connectivity index (χ4n) is 4.65. The second-order valence-electron chi connectivity index (χ2n) is 8.22. The molecule has 0 heterocycles. The van der Waals surface area contributed by atoms with Gasteiger partial charge in [0.1, 0.15) is 12.4 Å². The molecule has 0 radical (unpaired) electrons. The summed E-state index contributed by atoms with van der Waals surface area (Å²) in [5, 5.41) is 14.0. The van der Waals surface area contributed by atoms with Gasteiger partial charge in [0.25, 0.3) is 0 Å². The number of hydrogen-bond donors (Lipinski definition) is 1. The Morgan fingerprint density at radius 2 is 1.93 bits per heavy atom. The van der Waals surface area contributed by atoms with Crippen LogP contribution in [0.3, 0.4) is 0 Å². The smallest absolute Gasteiger partial charge is 0.223 e. The highest BCUT2D eigenvalue weighted by atomic mass is 16.5. The number of carbonyl (C=O) groups excluding carboxylic acids is 2. The first-order valence-electron chi connectivity index (χ1n) is 10.1. The standard InChI is InChI=1S/C22H31NO4/c1-13-10-20(27-12-21(24)25)15(3)19-11-16(8-9-18(13)19)14(2)22(26)23-17-6-4-5-7-17/h10,14,16-17H,4-9,11-12H2,1-3H3,(H,23,26)(H,24,25)/p-1/t14-,16+/m0/s1. The number of hydrogen-bond acceptors (Lipinski definition) is 4. The molecule has 148 valence electrons. The van der Waals surface area contributed by atoms with Crippen molar-refractivity contribution < 1.29 is 19.4 Å². The van der Waals surface area contributed by atoms with Gasteiger partial charge in [-0.1, -0.05) is 19.8 Å². The molecular formula is C22H30NO4-. The maximum atomic E-state index is 12.7. The Labute approximate surface area is 161 Å². The third-order valence-electron chi connectivity index (χ3n) is 6.41. The Kier molecular flexibility index (Phi) is 6.08. The van der Waals surface area contributed by atoms with E-state index < -0.39 is 12.6 Å². The fourth-order valence-corrected chi connectivity index (χ4v) is 4.65. The van der Waals surface area contributed by atoms with Crippen LogP contribution in [0.25, 0.3) is 0 Å². The first-order chi connectivity index (χ1) is 12.9. The lowest BCUT2D eigenvalue weighted by Gasteiger charge is -2.32. The largest absolute Gasteiger partial charge is 0.546 e. The predicted octanol–water partition coefficient (Wildman–Crippen LogP) is 2.23. The van der Waals surface area contributed by atoms with Crippen molar-refractivity contribution >= 4 is 11.9 Å². The van der Waals surface area contributed by atoms with Crippen molar-refractivity contribution in [2.75, 3.05) is 6.61 Å². The average Bonchev–Trinajstić information content (AvgIpc) is 3.15. The summed E-state index contributed by atoms with van der Waals surface area (Å²) in [6.45, 7) is 5.62. The lowest BCUT2D eigenvalue weighted by atomic mass is 9.74. The van der Waals surface area contributed by atoms with E-state index in [-0.39, 0.29) is 11.8 Å². The van der Waals surface area contributed by atoms with E-state index in [1.807, 2.05) is 26.8 Å². The van der Waals surface area contributed by atoms with Crippen molar-refractivity contribution in [1.82, 2.24) is 5.32 Å². The molecule has 0 saturated heterocycles. The van der Waals surface area contributed by atoms with Crippen LogP contribution in [-0.4, -0.2) is 24.5 Å². The molecule has 2 atom stereocenters. The quantitative estimate of drug-likeness (QED) is 0.831. The number of amides is 1. The molecule has 2 aliphatic carbocycles. The molecule has 0 bridgehead atoms. The molecule has 0 aromatic heterocycles. The second-order valence-corrected chi connectivity index (χ2v) is 8.22. The number of carboxylic acids is 1. The van der Waals surface area contributed by atoms with Crippen molar-refractivity contribution in [2.24, 2.45) is 11.8 Å². The number of aryl methyl sites for hydroxylation is 1. The maximum Gasteiger partial charge on any atom is 0.223 e. The summed E-state index contributed by atoms with van der Waals surface area (Å²) < 4.78 is 5.44. The van der Waals surface area contributed by atoms with Crippen molar-refractivity contribution in [2.45, 2.75) is 71.8 Å². The first kappa shape index (κ1) is 19.7. The van der Waals surface area contributed by atoms with Crippen molar-refractivity contribution in [3.8, 4) is 5.75 Å². The average molecular weight is 372 g/mol. The van der Waals surface area contributed by atoms with E-state index in [2.05, 4.69) is 5.32 Å². The predicted molar refractivity (Wildman–Crippen MR) is 101 cm³/mol. The summed E-state index contributed by atoms with van der Waals surface area (Å²) in [4.78, 5) is 23.4. The zero-order valence-corrected chi connectivity index (χ0v) is 16.6. The van der Waals surface area contributed by atoms with Gasteiger partial charge in [0.05, 0.1) is 5.97 Å². The highest BCUT2D eigenvalue weighted by Gasteiger charge is 2.31. The Balaban J connectivity index is 1.73. The molecule has 1 aromatic carbocycles. The summed E-state index contributed by atoms with van der Waals surface area (Å²) in [5.41, 5.74) is 4.67. The number of fused-ring (bicyclic) bond motifs is 1. The summed E-state index contributed by atoms with van der Waals surface area (Å²) in [7, 11) is 0. The minimum atomic E-state index is -1.22. The Morgan fingerprint density at radius 3 is 2.59 bits per heavy atom. The van der Waals surface area contributed by atoms with E-state index in [1.165, 1.54) is 24.0 Å². The van der Waals surface area contributed by atoms with Crippen molar-refractivity contribution in [3.05, 3.63) is 28.3 Å². The zero-order chi connectivity index (χ0) is 19.6. The van der Waals surface area contributed by atoms with Gasteiger partial charge in [-0.05, 0) is 80.2 Å². The number of ether oxygens (including phenoxy) is 1. The molecule has 1 aromatic rings. The molecule has 1 N–H and O–H groups in total. The van der Waals surface area contributed by atoms with E-state index >= 15 is 0 Å². The lowest BCUT2D eigenvalue weighted by Crippen LogP contribution is -2.40. The van der Waals surface area contributed by atoms with Gasteiger partial charge in [0.2, 0.25) is 5.91 Å². The topological polar surface area (TPSA) is 78.5 Å². The third-order valence-corrected chi connectivity index (χ3v) is 6.41. The highest BCUT2D eigenvalue weighted by molar-refractivity contribution is 5.79. The molecule has 1 saturated carbocycles. The van der Waals surface area contributed by atoms with Gasteiger partial charge in [-0.3, -0.25) is 4.79 Å². The third kappa shape index (κ3) is 4.45. The molecule has 1 amide bonds. The lowest BCUT2D eigenvalue weighted by molar-refractivity contribution is -0.307.